The van der Waals surface area contributed by atoms with Crippen LogP contribution in [0.15, 0.2) is 42.4 Å². The lowest BCUT2D eigenvalue weighted by molar-refractivity contribution is -0.122. The molecule has 0 spiro atoms. The normalized spacial score (nSPS) is 15.7. The number of benzene rings is 1. The summed E-state index contributed by atoms with van der Waals surface area (Å²) in [5.74, 6) is 0.0538. The van der Waals surface area contributed by atoms with Crippen LogP contribution in [0, 0.1) is 0 Å². The molecule has 2 rings (SSSR count). The molecule has 0 fully saturated rings. The van der Waals surface area contributed by atoms with E-state index in [2.05, 4.69) is 17.4 Å². The summed E-state index contributed by atoms with van der Waals surface area (Å²) in [6.07, 6.45) is 3.21. The Labute approximate surface area is 113 Å². The zero-order valence-corrected chi connectivity index (χ0v) is 11.1. The van der Waals surface area contributed by atoms with Crippen molar-refractivity contribution >= 4 is 5.91 Å². The summed E-state index contributed by atoms with van der Waals surface area (Å²) in [5.41, 5.74) is 1.28. The van der Waals surface area contributed by atoms with E-state index in [9.17, 15) is 4.79 Å². The number of hydrogen-bond donors (Lipinski definition) is 1. The highest BCUT2D eigenvalue weighted by Crippen LogP contribution is 2.07. The maximum atomic E-state index is 11.8. The quantitative estimate of drug-likeness (QED) is 0.882. The van der Waals surface area contributed by atoms with Crippen LogP contribution in [-0.4, -0.2) is 25.2 Å². The summed E-state index contributed by atoms with van der Waals surface area (Å²) in [6, 6.07) is 10.3. The summed E-state index contributed by atoms with van der Waals surface area (Å²) >= 11 is 0. The first kappa shape index (κ1) is 13.5. The lowest BCUT2D eigenvalue weighted by atomic mass is 10.1. The third kappa shape index (κ3) is 4.32. The number of ether oxygens (including phenoxy) is 2. The van der Waals surface area contributed by atoms with Gasteiger partial charge in [0, 0.05) is 6.04 Å². The van der Waals surface area contributed by atoms with Crippen molar-refractivity contribution in [1.82, 2.24) is 5.32 Å². The molecule has 1 aliphatic heterocycles. The number of amides is 1. The Balaban J connectivity index is 1.76. The van der Waals surface area contributed by atoms with Crippen LogP contribution in [0.2, 0.25) is 0 Å². The Morgan fingerprint density at radius 3 is 2.79 bits per heavy atom. The summed E-state index contributed by atoms with van der Waals surface area (Å²) in [5, 5.41) is 2.91. The van der Waals surface area contributed by atoms with Crippen LogP contribution in [0.3, 0.4) is 0 Å². The molecule has 0 saturated carbocycles. The molecule has 1 N–H and O–H groups in total. The highest BCUT2D eigenvalue weighted by atomic mass is 16.6. The number of carbonyl (C=O) groups is 1. The average molecular weight is 261 g/mol. The highest BCUT2D eigenvalue weighted by Gasteiger charge is 2.16. The fraction of sp³-hybridized carbons (Fsp3) is 0.400. The van der Waals surface area contributed by atoms with Crippen LogP contribution in [0.4, 0.5) is 0 Å². The molecule has 1 aromatic carbocycles. The van der Waals surface area contributed by atoms with Gasteiger partial charge in [0.25, 0.3) is 5.91 Å². The predicted octanol–water partition coefficient (Wildman–Crippen LogP) is 2.01. The minimum absolute atomic E-state index is 0.0964. The minimum atomic E-state index is -0.208. The molecule has 0 radical (unpaired) electrons. The summed E-state index contributed by atoms with van der Waals surface area (Å²) < 4.78 is 10.3. The van der Waals surface area contributed by atoms with E-state index >= 15 is 0 Å². The second-order valence-corrected chi connectivity index (χ2v) is 4.60. The smallest absolute Gasteiger partial charge is 0.289 e. The Morgan fingerprint density at radius 1 is 1.32 bits per heavy atom. The molecule has 1 aromatic rings. The third-order valence-corrected chi connectivity index (χ3v) is 2.96. The van der Waals surface area contributed by atoms with E-state index < -0.39 is 0 Å². The van der Waals surface area contributed by atoms with Gasteiger partial charge in [-0.1, -0.05) is 30.3 Å². The van der Waals surface area contributed by atoms with Crippen molar-refractivity contribution < 1.29 is 14.3 Å². The first-order valence-electron chi connectivity index (χ1n) is 6.55. The monoisotopic (exact) mass is 261 g/mol. The molecule has 0 unspecified atom stereocenters. The Kier molecular flexibility index (Phi) is 4.84. The van der Waals surface area contributed by atoms with E-state index in [1.165, 1.54) is 11.8 Å². The molecule has 1 aliphatic rings. The molecule has 102 valence electrons. The molecule has 4 heteroatoms. The molecule has 1 amide bonds. The first-order valence-corrected chi connectivity index (χ1v) is 6.55. The molecule has 0 aromatic heterocycles. The summed E-state index contributed by atoms with van der Waals surface area (Å²) in [7, 11) is 0. The van der Waals surface area contributed by atoms with E-state index in [4.69, 9.17) is 9.47 Å². The zero-order chi connectivity index (χ0) is 13.5. The van der Waals surface area contributed by atoms with Gasteiger partial charge in [0.05, 0.1) is 0 Å². The number of hydrogen-bond acceptors (Lipinski definition) is 3. The minimum Gasteiger partial charge on any atom is -0.494 e. The van der Waals surface area contributed by atoms with Gasteiger partial charge >= 0.3 is 0 Å². The standard InChI is InChI=1S/C15H19NO3/c1-12(7-8-13-5-3-2-4-6-13)16-15(17)14-11-18-9-10-19-14/h2-6,11-12H,7-10H2,1H3,(H,16,17)/t12-/m0/s1. The van der Waals surface area contributed by atoms with Crippen molar-refractivity contribution in [1.29, 1.82) is 0 Å². The first-order chi connectivity index (χ1) is 9.25. The Bertz CT molecular complexity index is 442. The van der Waals surface area contributed by atoms with Gasteiger partial charge in [-0.2, -0.15) is 0 Å². The number of aryl methyl sites for hydroxylation is 1. The molecular formula is C15H19NO3. The summed E-state index contributed by atoms with van der Waals surface area (Å²) in [6.45, 7) is 2.92. The molecule has 19 heavy (non-hydrogen) atoms. The number of rotatable bonds is 5. The largest absolute Gasteiger partial charge is 0.494 e. The van der Waals surface area contributed by atoms with Crippen molar-refractivity contribution in [2.75, 3.05) is 13.2 Å². The molecule has 0 aliphatic carbocycles. The van der Waals surface area contributed by atoms with E-state index in [1.54, 1.807) is 0 Å². The molecule has 1 heterocycles. The van der Waals surface area contributed by atoms with Gasteiger partial charge in [0.2, 0.25) is 5.76 Å². The van der Waals surface area contributed by atoms with Gasteiger partial charge in [-0.05, 0) is 25.3 Å². The molecular weight excluding hydrogens is 242 g/mol. The van der Waals surface area contributed by atoms with E-state index in [-0.39, 0.29) is 17.7 Å². The van der Waals surface area contributed by atoms with Gasteiger partial charge in [-0.15, -0.1) is 0 Å². The van der Waals surface area contributed by atoms with E-state index in [0.717, 1.165) is 12.8 Å². The van der Waals surface area contributed by atoms with E-state index in [0.29, 0.717) is 13.2 Å². The van der Waals surface area contributed by atoms with Crippen molar-refractivity contribution in [2.45, 2.75) is 25.8 Å². The SMILES string of the molecule is C[C@@H](CCc1ccccc1)NC(=O)C1=COCCO1. The average Bonchev–Trinajstić information content (AvgIpc) is 2.47. The topological polar surface area (TPSA) is 47.6 Å². The molecule has 0 saturated heterocycles. The fourth-order valence-electron chi connectivity index (χ4n) is 1.88. The van der Waals surface area contributed by atoms with Crippen molar-refractivity contribution in [3.8, 4) is 0 Å². The van der Waals surface area contributed by atoms with Crippen molar-refractivity contribution in [3.63, 3.8) is 0 Å². The van der Waals surface area contributed by atoms with Crippen molar-refractivity contribution in [2.24, 2.45) is 0 Å². The molecule has 0 bridgehead atoms. The molecule has 4 nitrogen and oxygen atoms in total. The van der Waals surface area contributed by atoms with Crippen LogP contribution in [-0.2, 0) is 20.7 Å². The Hall–Kier alpha value is -1.97. The Morgan fingerprint density at radius 2 is 2.11 bits per heavy atom. The zero-order valence-electron chi connectivity index (χ0n) is 11.1. The maximum Gasteiger partial charge on any atom is 0.289 e. The van der Waals surface area contributed by atoms with Crippen LogP contribution >= 0.6 is 0 Å². The second kappa shape index (κ2) is 6.83. The van der Waals surface area contributed by atoms with Crippen LogP contribution in [0.1, 0.15) is 18.9 Å². The van der Waals surface area contributed by atoms with Crippen LogP contribution < -0.4 is 5.32 Å². The maximum absolute atomic E-state index is 11.8. The van der Waals surface area contributed by atoms with Crippen molar-refractivity contribution in [3.05, 3.63) is 47.9 Å². The van der Waals surface area contributed by atoms with E-state index in [1.807, 2.05) is 25.1 Å². The fourth-order valence-corrected chi connectivity index (χ4v) is 1.88. The van der Waals surface area contributed by atoms with Gasteiger partial charge in [-0.3, -0.25) is 4.79 Å². The summed E-state index contributed by atoms with van der Waals surface area (Å²) in [4.78, 5) is 11.8. The highest BCUT2D eigenvalue weighted by molar-refractivity contribution is 5.91. The van der Waals surface area contributed by atoms with Crippen LogP contribution in [0.25, 0.3) is 0 Å². The third-order valence-electron chi connectivity index (χ3n) is 2.96. The van der Waals surface area contributed by atoms with Crippen LogP contribution in [0.5, 0.6) is 0 Å². The number of nitrogens with one attached hydrogen (secondary N) is 1. The lowest BCUT2D eigenvalue weighted by Crippen LogP contribution is -2.35. The van der Waals surface area contributed by atoms with Gasteiger partial charge in [0.1, 0.15) is 19.5 Å². The second-order valence-electron chi connectivity index (χ2n) is 4.60. The number of carbonyl (C=O) groups excluding carboxylic acids is 1. The molecule has 1 atom stereocenters. The van der Waals surface area contributed by atoms with Gasteiger partial charge in [-0.25, -0.2) is 0 Å². The lowest BCUT2D eigenvalue weighted by Gasteiger charge is -2.18. The van der Waals surface area contributed by atoms with Gasteiger partial charge in [0.15, 0.2) is 0 Å². The predicted molar refractivity (Wildman–Crippen MR) is 72.4 cm³/mol. The van der Waals surface area contributed by atoms with Gasteiger partial charge < -0.3 is 14.8 Å².